The second-order valence-electron chi connectivity index (χ2n) is 8.49. The molecule has 2 aliphatic rings. The molecule has 2 heterocycles. The zero-order valence-electron chi connectivity index (χ0n) is 18.4. The normalized spacial score (nSPS) is 18.6. The molecule has 4 nitrogen and oxygen atoms in total. The lowest BCUT2D eigenvalue weighted by atomic mass is 9.85. The monoisotopic (exact) mass is 457 g/mol. The van der Waals surface area contributed by atoms with Crippen LogP contribution < -0.4 is 10.1 Å². The zero-order chi connectivity index (χ0) is 23.0. The van der Waals surface area contributed by atoms with Crippen LogP contribution in [0.3, 0.4) is 0 Å². The summed E-state index contributed by atoms with van der Waals surface area (Å²) in [4.78, 5) is 12.6. The molecule has 0 spiro atoms. The van der Waals surface area contributed by atoms with Gasteiger partial charge in [-0.25, -0.2) is 8.78 Å². The van der Waals surface area contributed by atoms with Crippen LogP contribution >= 0.6 is 11.8 Å². The van der Waals surface area contributed by atoms with E-state index in [1.165, 1.54) is 18.9 Å². The fraction of sp³-hybridized carbons (Fsp3) is 0.320. The van der Waals surface area contributed by atoms with E-state index in [0.29, 0.717) is 23.1 Å². The number of nitrogens with one attached hydrogen (secondary N) is 1. The van der Waals surface area contributed by atoms with Crippen LogP contribution in [-0.2, 0) is 16.1 Å². The Morgan fingerprint density at radius 3 is 2.66 bits per heavy atom. The highest BCUT2D eigenvalue weighted by Gasteiger charge is 2.28. The minimum Gasteiger partial charge on any atom is -0.496 e. The molecule has 4 rings (SSSR count). The first-order valence-corrected chi connectivity index (χ1v) is 11.3. The number of thioether (sulfide) groups is 1. The topological polar surface area (TPSA) is 47.6 Å². The van der Waals surface area contributed by atoms with Crippen LogP contribution in [0, 0.1) is 11.6 Å². The average molecular weight is 458 g/mol. The van der Waals surface area contributed by atoms with Gasteiger partial charge in [-0.3, -0.25) is 4.79 Å². The van der Waals surface area contributed by atoms with Crippen molar-refractivity contribution < 1.29 is 23.0 Å². The molecular formula is C25H25F2NO3S. The quantitative estimate of drug-likeness (QED) is 0.533. The molecule has 0 amide bonds. The molecule has 7 heteroatoms. The van der Waals surface area contributed by atoms with E-state index in [2.05, 4.69) is 25.2 Å². The lowest BCUT2D eigenvalue weighted by Crippen LogP contribution is -2.32. The van der Waals surface area contributed by atoms with E-state index in [0.717, 1.165) is 29.0 Å². The van der Waals surface area contributed by atoms with Crippen molar-refractivity contribution in [3.8, 4) is 16.9 Å². The molecule has 2 aliphatic heterocycles. The second kappa shape index (κ2) is 8.62. The number of allylic oxidation sites excluding steroid dienone is 2. The summed E-state index contributed by atoms with van der Waals surface area (Å²) in [5.41, 5.74) is 4.27. The molecule has 0 aliphatic carbocycles. The predicted octanol–water partition coefficient (Wildman–Crippen LogP) is 6.31. The summed E-state index contributed by atoms with van der Waals surface area (Å²) in [6.45, 7) is 6.13. The Hall–Kier alpha value is -2.80. The third kappa shape index (κ3) is 4.26. The molecule has 0 saturated heterocycles. The van der Waals surface area contributed by atoms with Crippen molar-refractivity contribution in [2.45, 2.75) is 44.6 Å². The maximum absolute atomic E-state index is 14.2. The van der Waals surface area contributed by atoms with Gasteiger partial charge in [-0.1, -0.05) is 18.2 Å². The van der Waals surface area contributed by atoms with E-state index in [1.807, 2.05) is 30.5 Å². The summed E-state index contributed by atoms with van der Waals surface area (Å²) in [5, 5.41) is 5.12. The van der Waals surface area contributed by atoms with Crippen LogP contribution in [0.1, 0.15) is 38.3 Å². The second-order valence-corrected chi connectivity index (χ2v) is 9.61. The van der Waals surface area contributed by atoms with Gasteiger partial charge in [-0.05, 0) is 55.9 Å². The van der Waals surface area contributed by atoms with Gasteiger partial charge in [-0.2, -0.15) is 0 Å². The summed E-state index contributed by atoms with van der Waals surface area (Å²) in [7, 11) is 1.41. The van der Waals surface area contributed by atoms with Crippen LogP contribution in [0.25, 0.3) is 16.7 Å². The smallest absolute Gasteiger partial charge is 0.320 e. The first-order chi connectivity index (χ1) is 15.2. The lowest BCUT2D eigenvalue weighted by Gasteiger charge is -2.33. The number of halogens is 2. The molecule has 0 bridgehead atoms. The standard InChI is InChI=1S/C25H25F2NO3S/c1-14-12-25(2,3)28-20-8-7-15(16-10-18(26)19(27)11-21(16)30-4)17(23(14)20)13-31-24(29)22-6-5-9-32-22/h5,7-12,22,28H,6,13H2,1-4H3. The van der Waals surface area contributed by atoms with Gasteiger partial charge in [0.25, 0.3) is 0 Å². The van der Waals surface area contributed by atoms with Crippen molar-refractivity contribution in [1.29, 1.82) is 0 Å². The van der Waals surface area contributed by atoms with Gasteiger partial charge in [0.15, 0.2) is 11.6 Å². The van der Waals surface area contributed by atoms with Crippen molar-refractivity contribution in [1.82, 2.24) is 0 Å². The van der Waals surface area contributed by atoms with Crippen LogP contribution in [0.4, 0.5) is 14.5 Å². The molecule has 0 radical (unpaired) electrons. The highest BCUT2D eigenvalue weighted by atomic mass is 32.2. The van der Waals surface area contributed by atoms with Gasteiger partial charge in [0.05, 0.1) is 12.6 Å². The number of rotatable bonds is 5. The number of carbonyl (C=O) groups is 1. The Labute approximate surface area is 190 Å². The summed E-state index contributed by atoms with van der Waals surface area (Å²) in [6.07, 6.45) is 4.68. The fourth-order valence-corrected chi connectivity index (χ4v) is 5.10. The van der Waals surface area contributed by atoms with Crippen LogP contribution in [0.15, 0.2) is 41.8 Å². The minimum atomic E-state index is -0.984. The summed E-state index contributed by atoms with van der Waals surface area (Å²) < 4.78 is 39.1. The Morgan fingerprint density at radius 2 is 1.97 bits per heavy atom. The van der Waals surface area contributed by atoms with Gasteiger partial charge < -0.3 is 14.8 Å². The summed E-state index contributed by atoms with van der Waals surface area (Å²) in [6, 6.07) is 5.89. The van der Waals surface area contributed by atoms with Gasteiger partial charge in [0.1, 0.15) is 17.6 Å². The van der Waals surface area contributed by atoms with Crippen LogP contribution in [0.2, 0.25) is 0 Å². The minimum absolute atomic E-state index is 0.00381. The third-order valence-corrected chi connectivity index (χ3v) is 6.65. The first-order valence-electron chi connectivity index (χ1n) is 10.3. The molecule has 1 atom stereocenters. The number of carbonyl (C=O) groups excluding carboxylic acids is 1. The maximum Gasteiger partial charge on any atom is 0.320 e. The van der Waals surface area contributed by atoms with Crippen molar-refractivity contribution in [3.63, 3.8) is 0 Å². The van der Waals surface area contributed by atoms with Gasteiger partial charge in [0.2, 0.25) is 0 Å². The number of methoxy groups -OCH3 is 1. The van der Waals surface area contributed by atoms with Gasteiger partial charge >= 0.3 is 5.97 Å². The van der Waals surface area contributed by atoms with E-state index >= 15 is 0 Å². The van der Waals surface area contributed by atoms with E-state index in [-0.39, 0.29) is 29.1 Å². The molecule has 2 aromatic carbocycles. The van der Waals surface area contributed by atoms with Gasteiger partial charge in [-0.15, -0.1) is 11.8 Å². The Kier molecular flexibility index (Phi) is 6.03. The van der Waals surface area contributed by atoms with Gasteiger partial charge in [0, 0.05) is 28.4 Å². The first kappa shape index (κ1) is 22.4. The fourth-order valence-electron chi connectivity index (χ4n) is 4.28. The number of benzene rings is 2. The van der Waals surface area contributed by atoms with E-state index in [9.17, 15) is 13.6 Å². The summed E-state index contributed by atoms with van der Waals surface area (Å²) in [5.74, 6) is -2.05. The molecule has 2 aromatic rings. The molecular weight excluding hydrogens is 432 g/mol. The molecule has 0 saturated carbocycles. The molecule has 0 aromatic heterocycles. The number of esters is 1. The Balaban J connectivity index is 1.83. The van der Waals surface area contributed by atoms with Crippen molar-refractivity contribution in [2.75, 3.05) is 12.4 Å². The summed E-state index contributed by atoms with van der Waals surface area (Å²) >= 11 is 1.43. The molecule has 32 heavy (non-hydrogen) atoms. The lowest BCUT2D eigenvalue weighted by molar-refractivity contribution is -0.144. The van der Waals surface area contributed by atoms with E-state index < -0.39 is 11.6 Å². The molecule has 0 fully saturated rings. The zero-order valence-corrected chi connectivity index (χ0v) is 19.2. The number of hydrogen-bond acceptors (Lipinski definition) is 5. The SMILES string of the molecule is COc1cc(F)c(F)cc1-c1ccc2c(c1COC(=O)C1CC=CS1)C(C)=CC(C)(C)N2. The van der Waals surface area contributed by atoms with Crippen LogP contribution in [0.5, 0.6) is 5.75 Å². The Bertz CT molecular complexity index is 1130. The number of hydrogen-bond donors (Lipinski definition) is 1. The number of ether oxygens (including phenoxy) is 2. The predicted molar refractivity (Wildman–Crippen MR) is 125 cm³/mol. The van der Waals surface area contributed by atoms with E-state index in [4.69, 9.17) is 9.47 Å². The average Bonchev–Trinajstić information content (AvgIpc) is 3.27. The van der Waals surface area contributed by atoms with Crippen molar-refractivity contribution in [2.24, 2.45) is 0 Å². The highest BCUT2D eigenvalue weighted by molar-refractivity contribution is 8.03. The Morgan fingerprint density at radius 1 is 1.22 bits per heavy atom. The number of anilines is 1. The van der Waals surface area contributed by atoms with Crippen molar-refractivity contribution in [3.05, 3.63) is 64.6 Å². The highest BCUT2D eigenvalue weighted by Crippen LogP contribution is 2.43. The third-order valence-electron chi connectivity index (χ3n) is 5.58. The molecule has 168 valence electrons. The number of fused-ring (bicyclic) bond motifs is 1. The van der Waals surface area contributed by atoms with Crippen LogP contribution in [-0.4, -0.2) is 23.9 Å². The maximum atomic E-state index is 14.2. The largest absolute Gasteiger partial charge is 0.496 e. The van der Waals surface area contributed by atoms with Crippen molar-refractivity contribution >= 4 is 29.0 Å². The molecule has 1 unspecified atom stereocenters. The molecule has 1 N–H and O–H groups in total. The van der Waals surface area contributed by atoms with E-state index in [1.54, 1.807) is 0 Å².